The number of allylic oxidation sites excluding steroid dienone is 1. The molecule has 10 rings (SSSR count). The Morgan fingerprint density at radius 2 is 1.04 bits per heavy atom. The first-order valence-electron chi connectivity index (χ1n) is 16.9. The number of hydrogen-bond acceptors (Lipinski definition) is 3. The van der Waals surface area contributed by atoms with E-state index in [0.717, 1.165) is 84.9 Å². The van der Waals surface area contributed by atoms with Gasteiger partial charge in [-0.1, -0.05) is 115 Å². The minimum Gasteiger partial charge on any atom is -0.456 e. The maximum atomic E-state index is 6.41. The molecule has 1 aliphatic carbocycles. The zero-order chi connectivity index (χ0) is 32.3. The molecule has 1 aliphatic rings. The van der Waals surface area contributed by atoms with Crippen molar-refractivity contribution in [2.75, 3.05) is 4.90 Å². The molecular formula is C46H31NO2. The molecule has 0 fully saturated rings. The number of anilines is 3. The summed E-state index contributed by atoms with van der Waals surface area (Å²) in [5, 5.41) is 4.42. The first kappa shape index (κ1) is 27.8. The van der Waals surface area contributed by atoms with E-state index in [1.165, 1.54) is 22.3 Å². The van der Waals surface area contributed by atoms with Crippen LogP contribution in [-0.4, -0.2) is 0 Å². The molecule has 0 atom stereocenters. The van der Waals surface area contributed by atoms with Crippen LogP contribution in [0.15, 0.2) is 167 Å². The molecule has 3 nitrogen and oxygen atoms in total. The molecule has 0 bridgehead atoms. The summed E-state index contributed by atoms with van der Waals surface area (Å²) < 4.78 is 12.8. The molecule has 0 saturated heterocycles. The third-order valence-corrected chi connectivity index (χ3v) is 9.97. The lowest BCUT2D eigenvalue weighted by Crippen LogP contribution is -2.11. The predicted molar refractivity (Wildman–Crippen MR) is 204 cm³/mol. The van der Waals surface area contributed by atoms with E-state index in [4.69, 9.17) is 8.83 Å². The van der Waals surface area contributed by atoms with Gasteiger partial charge in [0.25, 0.3) is 0 Å². The van der Waals surface area contributed by atoms with Crippen LogP contribution in [0.2, 0.25) is 0 Å². The van der Waals surface area contributed by atoms with Gasteiger partial charge in [-0.25, -0.2) is 0 Å². The number of hydrogen-bond donors (Lipinski definition) is 0. The van der Waals surface area contributed by atoms with Gasteiger partial charge in [-0.05, 0) is 89.2 Å². The third-order valence-electron chi connectivity index (χ3n) is 9.97. The van der Waals surface area contributed by atoms with Crippen LogP contribution in [0.25, 0.3) is 72.2 Å². The first-order chi connectivity index (χ1) is 24.3. The second-order valence-electron chi connectivity index (χ2n) is 12.7. The number of para-hydroxylation sites is 3. The van der Waals surface area contributed by atoms with Crippen LogP contribution in [0, 0.1) is 0 Å². The van der Waals surface area contributed by atoms with Gasteiger partial charge in [0.2, 0.25) is 0 Å². The van der Waals surface area contributed by atoms with Crippen LogP contribution in [0.4, 0.5) is 17.1 Å². The Labute approximate surface area is 283 Å². The Morgan fingerprint density at radius 1 is 0.449 bits per heavy atom. The number of fused-ring (bicyclic) bond motifs is 7. The van der Waals surface area contributed by atoms with Crippen molar-refractivity contribution in [3.8, 4) is 22.3 Å². The molecule has 0 amide bonds. The van der Waals surface area contributed by atoms with Gasteiger partial charge >= 0.3 is 0 Å². The van der Waals surface area contributed by atoms with E-state index in [2.05, 4.69) is 144 Å². The molecular weight excluding hydrogens is 599 g/mol. The van der Waals surface area contributed by atoms with E-state index in [9.17, 15) is 0 Å². The van der Waals surface area contributed by atoms with E-state index in [1.54, 1.807) is 0 Å². The minimum absolute atomic E-state index is 0.865. The fourth-order valence-electron chi connectivity index (χ4n) is 7.78. The monoisotopic (exact) mass is 629 g/mol. The van der Waals surface area contributed by atoms with E-state index < -0.39 is 0 Å². The van der Waals surface area contributed by atoms with Gasteiger partial charge in [-0.2, -0.15) is 0 Å². The third kappa shape index (κ3) is 4.43. The van der Waals surface area contributed by atoms with Crippen LogP contribution in [0.5, 0.6) is 0 Å². The number of rotatable bonds is 5. The van der Waals surface area contributed by atoms with E-state index in [1.807, 2.05) is 24.3 Å². The lowest BCUT2D eigenvalue weighted by Gasteiger charge is -2.29. The van der Waals surface area contributed by atoms with Crippen LogP contribution in [-0.2, 0) is 6.42 Å². The smallest absolute Gasteiger partial charge is 0.137 e. The molecule has 0 saturated carbocycles. The molecule has 0 spiro atoms. The van der Waals surface area contributed by atoms with Crippen molar-refractivity contribution in [3.63, 3.8) is 0 Å². The molecule has 0 N–H and O–H groups in total. The topological polar surface area (TPSA) is 29.5 Å². The summed E-state index contributed by atoms with van der Waals surface area (Å²) in [6, 6.07) is 53.8. The molecule has 2 heterocycles. The van der Waals surface area contributed by atoms with Crippen molar-refractivity contribution in [3.05, 3.63) is 169 Å². The molecule has 3 heteroatoms. The predicted octanol–water partition coefficient (Wildman–Crippen LogP) is 13.2. The summed E-state index contributed by atoms with van der Waals surface area (Å²) in [4.78, 5) is 2.40. The van der Waals surface area contributed by atoms with Crippen molar-refractivity contribution in [1.29, 1.82) is 0 Å². The molecule has 2 aromatic heterocycles. The maximum Gasteiger partial charge on any atom is 0.137 e. The molecule has 232 valence electrons. The van der Waals surface area contributed by atoms with Gasteiger partial charge in [0.1, 0.15) is 22.3 Å². The summed E-state index contributed by atoms with van der Waals surface area (Å²) in [7, 11) is 0. The number of furan rings is 2. The molecule has 0 aliphatic heterocycles. The highest BCUT2D eigenvalue weighted by Gasteiger charge is 2.23. The van der Waals surface area contributed by atoms with Crippen molar-refractivity contribution < 1.29 is 8.83 Å². The van der Waals surface area contributed by atoms with Gasteiger partial charge in [0.15, 0.2) is 0 Å². The highest BCUT2D eigenvalue weighted by molar-refractivity contribution is 6.16. The molecule has 0 unspecified atom stereocenters. The van der Waals surface area contributed by atoms with E-state index in [-0.39, 0.29) is 0 Å². The standard InChI is InChI=1S/C46H31NO2/c1-2-14-33-30(12-1)13-9-18-34(33)31-26-28-32(29-27-31)47(40-21-11-25-44-46(40)38-17-5-8-23-42(38)49-44)39-20-6-3-15-35(39)36-19-10-24-43-45(36)37-16-4-7-22-41(37)48-43/h1,3-13,15-29H,2,14H2. The fourth-order valence-corrected chi connectivity index (χ4v) is 7.78. The van der Waals surface area contributed by atoms with Gasteiger partial charge in [0.05, 0.1) is 16.8 Å². The Morgan fingerprint density at radius 3 is 1.86 bits per heavy atom. The van der Waals surface area contributed by atoms with Gasteiger partial charge < -0.3 is 13.7 Å². The fraction of sp³-hybridized carbons (Fsp3) is 0.0435. The SMILES string of the molecule is C1=Cc2cccc(-c3ccc(N(c4ccccc4-c4cccc5oc6ccccc6c45)c4cccc5oc6ccccc6c45)cc3)c2CC1. The normalized spacial score (nSPS) is 12.7. The molecule has 9 aromatic rings. The maximum absolute atomic E-state index is 6.41. The van der Waals surface area contributed by atoms with Crippen LogP contribution < -0.4 is 4.90 Å². The average molecular weight is 630 g/mol. The summed E-state index contributed by atoms with van der Waals surface area (Å²) in [6.07, 6.45) is 6.67. The van der Waals surface area contributed by atoms with Gasteiger partial charge in [-0.15, -0.1) is 0 Å². The minimum atomic E-state index is 0.865. The van der Waals surface area contributed by atoms with Crippen molar-refractivity contribution in [2.45, 2.75) is 12.8 Å². The van der Waals surface area contributed by atoms with E-state index in [0.29, 0.717) is 0 Å². The largest absolute Gasteiger partial charge is 0.456 e. The Balaban J connectivity index is 1.22. The lowest BCUT2D eigenvalue weighted by molar-refractivity contribution is 0.668. The average Bonchev–Trinajstić information content (AvgIpc) is 3.74. The van der Waals surface area contributed by atoms with E-state index >= 15 is 0 Å². The first-order valence-corrected chi connectivity index (χ1v) is 16.9. The summed E-state index contributed by atoms with van der Waals surface area (Å²) in [5.74, 6) is 0. The van der Waals surface area contributed by atoms with Crippen LogP contribution in [0.1, 0.15) is 17.5 Å². The zero-order valence-electron chi connectivity index (χ0n) is 26.8. The summed E-state index contributed by atoms with van der Waals surface area (Å²) in [5.41, 5.74) is 14.3. The highest BCUT2D eigenvalue weighted by atomic mass is 16.3. The molecule has 7 aromatic carbocycles. The van der Waals surface area contributed by atoms with Crippen molar-refractivity contribution in [1.82, 2.24) is 0 Å². The number of benzene rings is 7. The summed E-state index contributed by atoms with van der Waals surface area (Å²) in [6.45, 7) is 0. The lowest BCUT2D eigenvalue weighted by atomic mass is 9.89. The molecule has 0 radical (unpaired) electrons. The second-order valence-corrected chi connectivity index (χ2v) is 12.7. The summed E-state index contributed by atoms with van der Waals surface area (Å²) >= 11 is 0. The Kier molecular flexibility index (Phi) is 6.31. The Hall–Kier alpha value is -6.32. The quantitative estimate of drug-likeness (QED) is 0.190. The highest BCUT2D eigenvalue weighted by Crippen LogP contribution is 2.48. The zero-order valence-corrected chi connectivity index (χ0v) is 26.8. The molecule has 49 heavy (non-hydrogen) atoms. The second kappa shape index (κ2) is 11.1. The van der Waals surface area contributed by atoms with Crippen molar-refractivity contribution >= 4 is 67.0 Å². The van der Waals surface area contributed by atoms with Crippen LogP contribution >= 0.6 is 0 Å². The van der Waals surface area contributed by atoms with Crippen molar-refractivity contribution in [2.24, 2.45) is 0 Å². The van der Waals surface area contributed by atoms with Crippen LogP contribution in [0.3, 0.4) is 0 Å². The number of nitrogens with zero attached hydrogens (tertiary/aromatic N) is 1. The van der Waals surface area contributed by atoms with Gasteiger partial charge in [0, 0.05) is 27.4 Å². The Bertz CT molecular complexity index is 2730. The van der Waals surface area contributed by atoms with Gasteiger partial charge in [-0.3, -0.25) is 0 Å².